The maximum absolute atomic E-state index is 12.9. The quantitative estimate of drug-likeness (QED) is 0.573. The second kappa shape index (κ2) is 6.75. The van der Waals surface area contributed by atoms with Crippen molar-refractivity contribution < 1.29 is 13.2 Å². The number of sulfonamides is 1. The fourth-order valence-electron chi connectivity index (χ4n) is 2.28. The fourth-order valence-corrected chi connectivity index (χ4v) is 3.91. The predicted octanol–water partition coefficient (Wildman–Crippen LogP) is 2.93. The van der Waals surface area contributed by atoms with Crippen molar-refractivity contribution in [1.82, 2.24) is 4.31 Å². The van der Waals surface area contributed by atoms with Gasteiger partial charge in [-0.1, -0.05) is 43.2 Å². The predicted molar refractivity (Wildman–Crippen MR) is 87.1 cm³/mol. The summed E-state index contributed by atoms with van der Waals surface area (Å²) in [6, 6.07) is 6.10. The molecule has 2 rings (SSSR count). The molecule has 0 N–H and O–H groups in total. The molecule has 0 unspecified atom stereocenters. The first-order chi connectivity index (χ1) is 10.4. The van der Waals surface area contributed by atoms with E-state index in [4.69, 9.17) is 0 Å². The summed E-state index contributed by atoms with van der Waals surface area (Å²) in [4.78, 5) is 11.7. The lowest BCUT2D eigenvalue weighted by molar-refractivity contribution is -0.112. The van der Waals surface area contributed by atoms with Gasteiger partial charge in [0, 0.05) is 6.54 Å². The van der Waals surface area contributed by atoms with E-state index in [1.54, 1.807) is 24.3 Å². The van der Waals surface area contributed by atoms with Crippen LogP contribution in [0.3, 0.4) is 0 Å². The van der Waals surface area contributed by atoms with Crippen molar-refractivity contribution in [3.63, 3.8) is 0 Å². The van der Waals surface area contributed by atoms with E-state index >= 15 is 0 Å². The molecule has 0 radical (unpaired) electrons. The van der Waals surface area contributed by atoms with Crippen molar-refractivity contribution in [2.75, 3.05) is 6.54 Å². The molecule has 0 heterocycles. The third kappa shape index (κ3) is 3.84. The number of hydrogen-bond acceptors (Lipinski definition) is 3. The molecule has 1 atom stereocenters. The van der Waals surface area contributed by atoms with Crippen LogP contribution in [0.25, 0.3) is 0 Å². The summed E-state index contributed by atoms with van der Waals surface area (Å²) in [7, 11) is -3.68. The summed E-state index contributed by atoms with van der Waals surface area (Å²) in [5.41, 5.74) is 2.26. The van der Waals surface area contributed by atoms with Crippen LogP contribution in [0.1, 0.15) is 32.3 Å². The molecule has 1 fully saturated rings. The van der Waals surface area contributed by atoms with Gasteiger partial charge in [-0.25, -0.2) is 8.42 Å². The summed E-state index contributed by atoms with van der Waals surface area (Å²) >= 11 is 0. The minimum absolute atomic E-state index is 0.0738. The molecule has 0 amide bonds. The minimum Gasteiger partial charge on any atom is -0.302 e. The molecule has 0 aliphatic heterocycles. The minimum atomic E-state index is -3.68. The second-order valence-corrected chi connectivity index (χ2v) is 8.01. The fraction of sp³-hybridized carbons (Fsp3) is 0.471. The largest absolute Gasteiger partial charge is 0.302 e. The summed E-state index contributed by atoms with van der Waals surface area (Å²) < 4.78 is 27.2. The van der Waals surface area contributed by atoms with Crippen LogP contribution < -0.4 is 0 Å². The highest BCUT2D eigenvalue weighted by Gasteiger charge is 2.32. The first-order valence-electron chi connectivity index (χ1n) is 7.58. The van der Waals surface area contributed by atoms with Gasteiger partial charge in [-0.3, -0.25) is 0 Å². The maximum Gasteiger partial charge on any atom is 0.244 e. The van der Waals surface area contributed by atoms with Crippen molar-refractivity contribution in [2.24, 2.45) is 5.92 Å². The smallest absolute Gasteiger partial charge is 0.244 e. The first kappa shape index (κ1) is 16.9. The van der Waals surface area contributed by atoms with Gasteiger partial charge in [0.1, 0.15) is 6.29 Å². The highest BCUT2D eigenvalue weighted by atomic mass is 32.2. The van der Waals surface area contributed by atoms with E-state index < -0.39 is 16.1 Å². The van der Waals surface area contributed by atoms with E-state index in [-0.39, 0.29) is 17.4 Å². The lowest BCUT2D eigenvalue weighted by Gasteiger charge is -2.29. The van der Waals surface area contributed by atoms with E-state index in [2.05, 4.69) is 0 Å². The zero-order valence-corrected chi connectivity index (χ0v) is 14.1. The number of allylic oxidation sites excluding steroid dienone is 1. The molecular weight excluding hydrogens is 298 g/mol. The van der Waals surface area contributed by atoms with Crippen LogP contribution in [-0.2, 0) is 14.8 Å². The standard InChI is InChI=1S/C17H23NO3S/c1-13(2)17(12-19)18(11-10-15-6-7-15)22(20,21)16-8-4-14(3)5-9-16/h4-5,8-10,12-13,17H,6-7,11H2,1-3H3/t17-/m1/s1. The average molecular weight is 321 g/mol. The lowest BCUT2D eigenvalue weighted by atomic mass is 10.1. The zero-order valence-electron chi connectivity index (χ0n) is 13.3. The molecule has 0 saturated heterocycles. The molecule has 5 heteroatoms. The average Bonchev–Trinajstić information content (AvgIpc) is 3.27. The van der Waals surface area contributed by atoms with Crippen molar-refractivity contribution >= 4 is 16.3 Å². The second-order valence-electron chi connectivity index (χ2n) is 6.12. The van der Waals surface area contributed by atoms with Crippen molar-refractivity contribution in [2.45, 2.75) is 44.6 Å². The van der Waals surface area contributed by atoms with E-state index in [9.17, 15) is 13.2 Å². The van der Waals surface area contributed by atoms with Crippen LogP contribution in [-0.4, -0.2) is 31.6 Å². The van der Waals surface area contributed by atoms with Crippen LogP contribution in [0.15, 0.2) is 40.8 Å². The van der Waals surface area contributed by atoms with Crippen LogP contribution in [0.5, 0.6) is 0 Å². The highest BCUT2D eigenvalue weighted by molar-refractivity contribution is 7.89. The number of carbonyl (C=O) groups is 1. The number of hydrogen-bond donors (Lipinski definition) is 0. The Morgan fingerprint density at radius 3 is 2.23 bits per heavy atom. The van der Waals surface area contributed by atoms with Crippen LogP contribution in [0.2, 0.25) is 0 Å². The van der Waals surface area contributed by atoms with E-state index in [0.717, 1.165) is 24.7 Å². The molecule has 0 spiro atoms. The SMILES string of the molecule is Cc1ccc(S(=O)(=O)N(CC=C2CC2)[C@H](C=O)C(C)C)cc1. The molecule has 1 aromatic carbocycles. The van der Waals surface area contributed by atoms with Gasteiger partial charge in [-0.2, -0.15) is 4.31 Å². The first-order valence-corrected chi connectivity index (χ1v) is 9.02. The molecule has 120 valence electrons. The molecule has 0 bridgehead atoms. The number of rotatable bonds is 7. The molecule has 1 saturated carbocycles. The van der Waals surface area contributed by atoms with Crippen molar-refractivity contribution in [3.05, 3.63) is 41.5 Å². The molecule has 0 aromatic heterocycles. The normalized spacial score (nSPS) is 16.0. The Kier molecular flexibility index (Phi) is 5.19. The van der Waals surface area contributed by atoms with Crippen LogP contribution >= 0.6 is 0 Å². The highest BCUT2D eigenvalue weighted by Crippen LogP contribution is 2.29. The number of nitrogens with zero attached hydrogens (tertiary/aromatic N) is 1. The van der Waals surface area contributed by atoms with Crippen LogP contribution in [0, 0.1) is 12.8 Å². The Balaban J connectivity index is 2.38. The van der Waals surface area contributed by atoms with Gasteiger partial charge in [0.2, 0.25) is 10.0 Å². The van der Waals surface area contributed by atoms with Gasteiger partial charge in [0.15, 0.2) is 0 Å². The Hall–Kier alpha value is -1.46. The van der Waals surface area contributed by atoms with Crippen molar-refractivity contribution in [3.8, 4) is 0 Å². The summed E-state index contributed by atoms with van der Waals surface area (Å²) in [5, 5.41) is 0. The molecule has 1 aliphatic carbocycles. The number of benzene rings is 1. The number of aldehydes is 1. The summed E-state index contributed by atoms with van der Waals surface area (Å²) in [6.45, 7) is 5.89. The molecule has 22 heavy (non-hydrogen) atoms. The monoisotopic (exact) mass is 321 g/mol. The molecule has 1 aliphatic rings. The Labute approximate surface area is 132 Å². The molecular formula is C17H23NO3S. The Bertz CT molecular complexity index is 654. The van der Waals surface area contributed by atoms with Gasteiger partial charge in [0.05, 0.1) is 10.9 Å². The van der Waals surface area contributed by atoms with E-state index in [1.807, 2.05) is 26.8 Å². The third-order valence-corrected chi connectivity index (χ3v) is 5.76. The topological polar surface area (TPSA) is 54.5 Å². The van der Waals surface area contributed by atoms with Crippen LogP contribution in [0.4, 0.5) is 0 Å². The van der Waals surface area contributed by atoms with E-state index in [0.29, 0.717) is 0 Å². The van der Waals surface area contributed by atoms with Gasteiger partial charge >= 0.3 is 0 Å². The number of carbonyl (C=O) groups excluding carboxylic acids is 1. The molecule has 1 aromatic rings. The summed E-state index contributed by atoms with van der Waals surface area (Å²) in [5.74, 6) is -0.0738. The van der Waals surface area contributed by atoms with Gasteiger partial charge < -0.3 is 4.79 Å². The Morgan fingerprint density at radius 1 is 1.18 bits per heavy atom. The maximum atomic E-state index is 12.9. The van der Waals surface area contributed by atoms with Gasteiger partial charge in [-0.05, 0) is 37.8 Å². The third-order valence-electron chi connectivity index (χ3n) is 3.88. The lowest BCUT2D eigenvalue weighted by Crippen LogP contribution is -2.44. The van der Waals surface area contributed by atoms with Crippen molar-refractivity contribution in [1.29, 1.82) is 0 Å². The van der Waals surface area contributed by atoms with E-state index in [1.165, 1.54) is 9.88 Å². The molecule has 4 nitrogen and oxygen atoms in total. The van der Waals surface area contributed by atoms with Gasteiger partial charge in [-0.15, -0.1) is 0 Å². The zero-order chi connectivity index (χ0) is 16.3. The Morgan fingerprint density at radius 2 is 1.77 bits per heavy atom. The number of aryl methyl sites for hydroxylation is 1. The van der Waals surface area contributed by atoms with Gasteiger partial charge in [0.25, 0.3) is 0 Å². The summed E-state index contributed by atoms with van der Waals surface area (Å²) in [6.07, 6.45) is 4.74.